The minimum atomic E-state index is -0.611. The fourth-order valence-corrected chi connectivity index (χ4v) is 2.33. The van der Waals surface area contributed by atoms with Crippen molar-refractivity contribution < 1.29 is 26.3 Å². The van der Waals surface area contributed by atoms with Crippen molar-refractivity contribution in [3.63, 3.8) is 0 Å². The molecule has 2 unspecified atom stereocenters. The van der Waals surface area contributed by atoms with Gasteiger partial charge in [0.25, 0.3) is 0 Å². The van der Waals surface area contributed by atoms with Crippen molar-refractivity contribution in [1.82, 2.24) is 0 Å². The zero-order chi connectivity index (χ0) is 6.85. The summed E-state index contributed by atoms with van der Waals surface area (Å²) < 4.78 is 0.405. The molecule has 0 amide bonds. The van der Waals surface area contributed by atoms with Crippen molar-refractivity contribution in [2.75, 3.05) is 0 Å². The van der Waals surface area contributed by atoms with Gasteiger partial charge in [0.15, 0.2) is 0 Å². The summed E-state index contributed by atoms with van der Waals surface area (Å²) in [5.41, 5.74) is 0. The fraction of sp³-hybridized carbons (Fsp3) is 0.833. The molecule has 7 N–H and O–H groups in total. The Morgan fingerprint density at radius 3 is 1.92 bits per heavy atom. The van der Waals surface area contributed by atoms with E-state index in [2.05, 4.69) is 0 Å². The van der Waals surface area contributed by atoms with Crippen LogP contribution >= 0.6 is 0 Å². The van der Waals surface area contributed by atoms with Gasteiger partial charge in [-0.2, -0.15) is 0 Å². The standard InChI is InChI=1S/C6H9GeO2.3H2O/c7-5-3-1-2-4(5)6(8)9;;;/h4-5H,1-3H2,(H,8,9);3*1H2. The molecule has 1 aliphatic carbocycles. The van der Waals surface area contributed by atoms with Gasteiger partial charge in [-0.1, -0.05) is 0 Å². The second-order valence-electron chi connectivity index (χ2n) is 2.48. The molecule has 2 atom stereocenters. The van der Waals surface area contributed by atoms with E-state index in [1.807, 2.05) is 16.5 Å². The normalized spacial score (nSPS) is 26.1. The van der Waals surface area contributed by atoms with E-state index in [9.17, 15) is 4.79 Å². The molecule has 5 nitrogen and oxygen atoms in total. The van der Waals surface area contributed by atoms with Gasteiger partial charge in [0, 0.05) is 0 Å². The number of carbonyl (C=O) groups is 1. The predicted molar refractivity (Wildman–Crippen MR) is 45.3 cm³/mol. The average Bonchev–Trinajstić information content (AvgIpc) is 2.13. The van der Waals surface area contributed by atoms with Crippen LogP contribution in [0.15, 0.2) is 0 Å². The Hall–Kier alpha value is -0.107. The van der Waals surface area contributed by atoms with Crippen LogP contribution in [0.5, 0.6) is 0 Å². The topological polar surface area (TPSA) is 132 Å². The molecular weight excluding hydrogens is 225 g/mol. The van der Waals surface area contributed by atoms with Crippen LogP contribution in [0.3, 0.4) is 0 Å². The van der Waals surface area contributed by atoms with Crippen LogP contribution in [0.25, 0.3) is 0 Å². The van der Waals surface area contributed by atoms with E-state index in [-0.39, 0.29) is 22.3 Å². The SMILES string of the molecule is O.O.O.O=C(O)C1CCC[CH]1[Ge]. The molecule has 6 heteroatoms. The van der Waals surface area contributed by atoms with Gasteiger partial charge >= 0.3 is 62.3 Å². The number of hydrogen-bond donors (Lipinski definition) is 1. The third-order valence-electron chi connectivity index (χ3n) is 1.83. The molecule has 1 fully saturated rings. The molecule has 12 heavy (non-hydrogen) atoms. The summed E-state index contributed by atoms with van der Waals surface area (Å²) in [5.74, 6) is -0.662. The maximum absolute atomic E-state index is 10.4. The van der Waals surface area contributed by atoms with Crippen molar-refractivity contribution in [2.24, 2.45) is 5.92 Å². The first kappa shape index (κ1) is 17.8. The third-order valence-corrected chi connectivity index (χ3v) is 3.28. The Balaban J connectivity index is -0.000000270. The Kier molecular flexibility index (Phi) is 11.2. The molecule has 1 rings (SSSR count). The number of carboxylic acids is 1. The Labute approximate surface area is 79.3 Å². The van der Waals surface area contributed by atoms with E-state index < -0.39 is 5.97 Å². The summed E-state index contributed by atoms with van der Waals surface area (Å²) in [7, 11) is 0. The van der Waals surface area contributed by atoms with E-state index in [0.717, 1.165) is 19.3 Å². The number of rotatable bonds is 1. The van der Waals surface area contributed by atoms with Gasteiger partial charge in [0.1, 0.15) is 0 Å². The monoisotopic (exact) mass is 241 g/mol. The molecule has 0 aromatic rings. The first-order valence-corrected chi connectivity index (χ1v) is 4.37. The van der Waals surface area contributed by atoms with Gasteiger partial charge in [-0.25, -0.2) is 0 Å². The van der Waals surface area contributed by atoms with Crippen molar-refractivity contribution in [3.8, 4) is 0 Å². The quantitative estimate of drug-likeness (QED) is 0.550. The Morgan fingerprint density at radius 1 is 1.25 bits per heavy atom. The van der Waals surface area contributed by atoms with Gasteiger partial charge in [-0.15, -0.1) is 0 Å². The van der Waals surface area contributed by atoms with Gasteiger partial charge in [-0.05, 0) is 0 Å². The Morgan fingerprint density at radius 2 is 1.75 bits per heavy atom. The molecule has 0 heterocycles. The molecule has 0 aliphatic heterocycles. The number of aliphatic carboxylic acids is 1. The van der Waals surface area contributed by atoms with Crippen LogP contribution in [0.2, 0.25) is 4.75 Å². The first-order valence-electron chi connectivity index (χ1n) is 3.15. The average molecular weight is 240 g/mol. The molecular formula is C6H15GeO5. The minimum absolute atomic E-state index is 0. The summed E-state index contributed by atoms with van der Waals surface area (Å²) >= 11 is 2.02. The Bertz CT molecular complexity index is 129. The fourth-order valence-electron chi connectivity index (χ4n) is 1.26. The van der Waals surface area contributed by atoms with E-state index >= 15 is 0 Å². The van der Waals surface area contributed by atoms with Crippen molar-refractivity contribution in [1.29, 1.82) is 0 Å². The molecule has 3 radical (unpaired) electrons. The van der Waals surface area contributed by atoms with Crippen LogP contribution in [0.4, 0.5) is 0 Å². The van der Waals surface area contributed by atoms with E-state index in [1.165, 1.54) is 0 Å². The van der Waals surface area contributed by atoms with Gasteiger partial charge < -0.3 is 16.4 Å². The van der Waals surface area contributed by atoms with E-state index in [1.54, 1.807) is 0 Å². The van der Waals surface area contributed by atoms with Crippen LogP contribution in [0.1, 0.15) is 19.3 Å². The van der Waals surface area contributed by atoms with E-state index in [4.69, 9.17) is 5.11 Å². The number of hydrogen-bond acceptors (Lipinski definition) is 1. The summed E-state index contributed by atoms with van der Waals surface area (Å²) in [6.07, 6.45) is 3.08. The van der Waals surface area contributed by atoms with Gasteiger partial charge in [-0.3, -0.25) is 0 Å². The van der Waals surface area contributed by atoms with Crippen molar-refractivity contribution >= 4 is 22.5 Å². The third kappa shape index (κ3) is 4.05. The van der Waals surface area contributed by atoms with Crippen molar-refractivity contribution in [3.05, 3.63) is 0 Å². The molecule has 0 bridgehead atoms. The molecule has 0 aromatic carbocycles. The van der Waals surface area contributed by atoms with Gasteiger partial charge in [0.2, 0.25) is 0 Å². The van der Waals surface area contributed by atoms with Crippen LogP contribution < -0.4 is 0 Å². The zero-order valence-corrected chi connectivity index (χ0v) is 8.73. The zero-order valence-electron chi connectivity index (χ0n) is 6.63. The second-order valence-corrected chi connectivity index (χ2v) is 4.04. The number of carboxylic acid groups (broad SMARTS) is 1. The summed E-state index contributed by atoms with van der Waals surface area (Å²) in [5, 5.41) is 8.58. The van der Waals surface area contributed by atoms with Crippen LogP contribution in [0, 0.1) is 5.92 Å². The molecule has 0 saturated heterocycles. The van der Waals surface area contributed by atoms with Crippen molar-refractivity contribution in [2.45, 2.75) is 24.0 Å². The van der Waals surface area contributed by atoms with Crippen LogP contribution in [-0.2, 0) is 4.79 Å². The van der Waals surface area contributed by atoms with Crippen LogP contribution in [-0.4, -0.2) is 44.0 Å². The molecule has 0 spiro atoms. The summed E-state index contributed by atoms with van der Waals surface area (Å²) in [6.45, 7) is 0. The first-order chi connectivity index (χ1) is 4.22. The molecule has 73 valence electrons. The molecule has 0 aromatic heterocycles. The summed E-state index contributed by atoms with van der Waals surface area (Å²) in [6, 6.07) is 0. The maximum atomic E-state index is 10.4. The molecule has 1 saturated carbocycles. The second kappa shape index (κ2) is 7.54. The van der Waals surface area contributed by atoms with E-state index in [0.29, 0.717) is 4.75 Å². The van der Waals surface area contributed by atoms with Gasteiger partial charge in [0.05, 0.1) is 0 Å². The predicted octanol–water partition coefficient (Wildman–Crippen LogP) is -1.65. The molecule has 1 aliphatic rings. The summed E-state index contributed by atoms with van der Waals surface area (Å²) in [4.78, 5) is 10.4.